The van der Waals surface area contributed by atoms with E-state index in [1.807, 2.05) is 0 Å². The molecular formula is C20H34N4O. The van der Waals surface area contributed by atoms with Crippen LogP contribution in [-0.4, -0.2) is 67.7 Å². The SMILES string of the molecule is Cc1ccc(C[C@@H](C)NC(=O)N[C@H](C)CN2CCN(C)CC2)c(C)c1. The molecule has 2 atom stereocenters. The topological polar surface area (TPSA) is 47.6 Å². The van der Waals surface area contributed by atoms with Gasteiger partial charge in [-0.05, 0) is 52.3 Å². The third-order valence-corrected chi connectivity index (χ3v) is 4.91. The highest BCUT2D eigenvalue weighted by atomic mass is 16.2. The highest BCUT2D eigenvalue weighted by Gasteiger charge is 2.17. The van der Waals surface area contributed by atoms with E-state index in [2.05, 4.69) is 73.4 Å². The van der Waals surface area contributed by atoms with E-state index in [1.54, 1.807) is 0 Å². The summed E-state index contributed by atoms with van der Waals surface area (Å²) in [4.78, 5) is 17.0. The van der Waals surface area contributed by atoms with Gasteiger partial charge in [0, 0.05) is 44.8 Å². The van der Waals surface area contributed by atoms with Gasteiger partial charge in [-0.15, -0.1) is 0 Å². The summed E-state index contributed by atoms with van der Waals surface area (Å²) in [5.74, 6) is 0. The Morgan fingerprint density at radius 1 is 1.08 bits per heavy atom. The molecule has 2 rings (SSSR count). The molecule has 0 spiro atoms. The number of piperazine rings is 1. The van der Waals surface area contributed by atoms with E-state index in [0.29, 0.717) is 0 Å². The first-order valence-corrected chi connectivity index (χ1v) is 9.37. The lowest BCUT2D eigenvalue weighted by atomic mass is 10.00. The number of benzene rings is 1. The number of aryl methyl sites for hydroxylation is 2. The van der Waals surface area contributed by atoms with Crippen LogP contribution in [0, 0.1) is 13.8 Å². The van der Waals surface area contributed by atoms with Crippen molar-refractivity contribution in [2.24, 2.45) is 0 Å². The predicted molar refractivity (Wildman–Crippen MR) is 104 cm³/mol. The summed E-state index contributed by atoms with van der Waals surface area (Å²) in [5, 5.41) is 6.14. The van der Waals surface area contributed by atoms with E-state index >= 15 is 0 Å². The maximum Gasteiger partial charge on any atom is 0.315 e. The first kappa shape index (κ1) is 19.7. The van der Waals surface area contributed by atoms with Crippen molar-refractivity contribution in [3.63, 3.8) is 0 Å². The Labute approximate surface area is 152 Å². The van der Waals surface area contributed by atoms with Gasteiger partial charge in [-0.2, -0.15) is 0 Å². The van der Waals surface area contributed by atoms with Crippen molar-refractivity contribution in [2.45, 2.75) is 46.2 Å². The summed E-state index contributed by atoms with van der Waals surface area (Å²) in [6, 6.07) is 6.68. The van der Waals surface area contributed by atoms with Crippen LogP contribution in [0.5, 0.6) is 0 Å². The van der Waals surface area contributed by atoms with Crippen LogP contribution in [0.1, 0.15) is 30.5 Å². The van der Waals surface area contributed by atoms with Crippen molar-refractivity contribution in [2.75, 3.05) is 39.8 Å². The second-order valence-corrected chi connectivity index (χ2v) is 7.66. The Kier molecular flexibility index (Phi) is 7.26. The van der Waals surface area contributed by atoms with E-state index in [-0.39, 0.29) is 18.1 Å². The molecule has 2 N–H and O–H groups in total. The molecule has 1 aromatic carbocycles. The van der Waals surface area contributed by atoms with Crippen LogP contribution in [0.15, 0.2) is 18.2 Å². The summed E-state index contributed by atoms with van der Waals surface area (Å²) in [7, 11) is 2.16. The van der Waals surface area contributed by atoms with E-state index in [0.717, 1.165) is 39.1 Å². The van der Waals surface area contributed by atoms with Gasteiger partial charge in [0.05, 0.1) is 0 Å². The maximum atomic E-state index is 12.2. The molecule has 0 bridgehead atoms. The fourth-order valence-electron chi connectivity index (χ4n) is 3.41. The van der Waals surface area contributed by atoms with Crippen LogP contribution in [0.2, 0.25) is 0 Å². The zero-order valence-electron chi connectivity index (χ0n) is 16.4. The molecule has 25 heavy (non-hydrogen) atoms. The average molecular weight is 347 g/mol. The number of likely N-dealkylation sites (N-methyl/N-ethyl adjacent to an activating group) is 1. The first-order chi connectivity index (χ1) is 11.8. The zero-order chi connectivity index (χ0) is 18.4. The van der Waals surface area contributed by atoms with E-state index in [1.165, 1.54) is 16.7 Å². The minimum absolute atomic E-state index is 0.0705. The molecule has 1 heterocycles. The van der Waals surface area contributed by atoms with Gasteiger partial charge in [-0.3, -0.25) is 4.90 Å². The van der Waals surface area contributed by atoms with Crippen molar-refractivity contribution >= 4 is 6.03 Å². The summed E-state index contributed by atoms with van der Waals surface area (Å²) >= 11 is 0. The van der Waals surface area contributed by atoms with E-state index < -0.39 is 0 Å². The monoisotopic (exact) mass is 346 g/mol. The molecule has 0 saturated carbocycles. The highest BCUT2D eigenvalue weighted by molar-refractivity contribution is 5.74. The quantitative estimate of drug-likeness (QED) is 0.830. The third-order valence-electron chi connectivity index (χ3n) is 4.91. The van der Waals surface area contributed by atoms with E-state index in [4.69, 9.17) is 0 Å². The van der Waals surface area contributed by atoms with Gasteiger partial charge in [0.15, 0.2) is 0 Å². The molecule has 1 aliphatic heterocycles. The summed E-state index contributed by atoms with van der Waals surface area (Å²) in [6.07, 6.45) is 0.854. The van der Waals surface area contributed by atoms with Gasteiger partial charge in [-0.1, -0.05) is 23.8 Å². The lowest BCUT2D eigenvalue weighted by molar-refractivity contribution is 0.144. The highest BCUT2D eigenvalue weighted by Crippen LogP contribution is 2.12. The molecule has 1 aliphatic rings. The van der Waals surface area contributed by atoms with Crippen molar-refractivity contribution < 1.29 is 4.79 Å². The van der Waals surface area contributed by atoms with Crippen molar-refractivity contribution in [3.05, 3.63) is 34.9 Å². The largest absolute Gasteiger partial charge is 0.335 e. The molecule has 0 aliphatic carbocycles. The molecule has 1 fully saturated rings. The summed E-state index contributed by atoms with van der Waals surface area (Å²) in [5.41, 5.74) is 3.86. The van der Waals surface area contributed by atoms with Crippen LogP contribution in [0.3, 0.4) is 0 Å². The number of amides is 2. The van der Waals surface area contributed by atoms with Crippen molar-refractivity contribution in [1.29, 1.82) is 0 Å². The molecule has 0 aromatic heterocycles. The number of nitrogens with one attached hydrogen (secondary N) is 2. The molecule has 140 valence electrons. The van der Waals surface area contributed by atoms with Gasteiger partial charge in [-0.25, -0.2) is 4.79 Å². The second kappa shape index (κ2) is 9.20. The van der Waals surface area contributed by atoms with Crippen LogP contribution in [0.25, 0.3) is 0 Å². The normalized spacial score (nSPS) is 18.6. The van der Waals surface area contributed by atoms with Gasteiger partial charge in [0.25, 0.3) is 0 Å². The lowest BCUT2D eigenvalue weighted by Crippen LogP contribution is -2.52. The lowest BCUT2D eigenvalue weighted by Gasteiger charge is -2.34. The van der Waals surface area contributed by atoms with Crippen LogP contribution < -0.4 is 10.6 Å². The predicted octanol–water partition coefficient (Wildman–Crippen LogP) is 2.17. The minimum Gasteiger partial charge on any atom is -0.335 e. The van der Waals surface area contributed by atoms with Crippen LogP contribution in [0.4, 0.5) is 4.79 Å². The number of nitrogens with zero attached hydrogens (tertiary/aromatic N) is 2. The van der Waals surface area contributed by atoms with Crippen molar-refractivity contribution in [1.82, 2.24) is 20.4 Å². The van der Waals surface area contributed by atoms with E-state index in [9.17, 15) is 4.79 Å². The van der Waals surface area contributed by atoms with Gasteiger partial charge in [0.1, 0.15) is 0 Å². The smallest absolute Gasteiger partial charge is 0.315 e. The van der Waals surface area contributed by atoms with Gasteiger partial charge in [0.2, 0.25) is 0 Å². The maximum absolute atomic E-state index is 12.2. The van der Waals surface area contributed by atoms with Crippen molar-refractivity contribution in [3.8, 4) is 0 Å². The Balaban J connectivity index is 1.73. The standard InChI is InChI=1S/C20H34N4O/c1-15-6-7-19(16(2)12-15)13-17(3)21-20(25)22-18(4)14-24-10-8-23(5)9-11-24/h6-7,12,17-18H,8-11,13-14H2,1-5H3,(H2,21,22,25)/t17-,18-/m1/s1. The number of carbonyl (C=O) groups is 1. The molecule has 1 aromatic rings. The Hall–Kier alpha value is -1.59. The number of hydrogen-bond donors (Lipinski definition) is 2. The molecule has 0 unspecified atom stereocenters. The van der Waals surface area contributed by atoms with Gasteiger partial charge >= 0.3 is 6.03 Å². The number of hydrogen-bond acceptors (Lipinski definition) is 3. The molecule has 2 amide bonds. The molecule has 0 radical (unpaired) electrons. The molecule has 1 saturated heterocycles. The first-order valence-electron chi connectivity index (χ1n) is 9.37. The van der Waals surface area contributed by atoms with Gasteiger partial charge < -0.3 is 15.5 Å². The summed E-state index contributed by atoms with van der Waals surface area (Å²) < 4.78 is 0. The Morgan fingerprint density at radius 2 is 1.72 bits per heavy atom. The third kappa shape index (κ3) is 6.67. The molecular weight excluding hydrogens is 312 g/mol. The minimum atomic E-state index is -0.0705. The van der Waals surface area contributed by atoms with Crippen LogP contribution in [-0.2, 0) is 6.42 Å². The summed E-state index contributed by atoms with van der Waals surface area (Å²) in [6.45, 7) is 13.6. The number of rotatable bonds is 6. The zero-order valence-corrected chi connectivity index (χ0v) is 16.4. The average Bonchev–Trinajstić information content (AvgIpc) is 2.52. The second-order valence-electron chi connectivity index (χ2n) is 7.66. The fraction of sp³-hybridized carbons (Fsp3) is 0.650. The molecule has 5 heteroatoms. The number of carbonyl (C=O) groups excluding carboxylic acids is 1. The Morgan fingerprint density at radius 3 is 2.36 bits per heavy atom. The fourth-order valence-corrected chi connectivity index (χ4v) is 3.41. The Bertz CT molecular complexity index is 567. The number of urea groups is 1. The van der Waals surface area contributed by atoms with Crippen LogP contribution >= 0.6 is 0 Å². The molecule has 5 nitrogen and oxygen atoms in total.